The molecule has 2 heterocycles. The number of amides is 2. The fourth-order valence-corrected chi connectivity index (χ4v) is 3.94. The van der Waals surface area contributed by atoms with Gasteiger partial charge < -0.3 is 10.1 Å². The smallest absolute Gasteiger partial charge is 0.368 e. The van der Waals surface area contributed by atoms with Crippen molar-refractivity contribution in [1.29, 1.82) is 0 Å². The van der Waals surface area contributed by atoms with E-state index >= 15 is 0 Å². The highest BCUT2D eigenvalue weighted by atomic mass is 35.5. The van der Waals surface area contributed by atoms with Crippen LogP contribution < -0.4 is 5.32 Å². The van der Waals surface area contributed by atoms with Gasteiger partial charge in [-0.1, -0.05) is 23.7 Å². The quantitative estimate of drug-likeness (QED) is 0.614. The van der Waals surface area contributed by atoms with Gasteiger partial charge in [-0.2, -0.15) is 0 Å². The van der Waals surface area contributed by atoms with Crippen LogP contribution in [0.3, 0.4) is 0 Å². The van der Waals surface area contributed by atoms with Gasteiger partial charge in [-0.3, -0.25) is 14.5 Å². The van der Waals surface area contributed by atoms with Gasteiger partial charge >= 0.3 is 5.97 Å². The summed E-state index contributed by atoms with van der Waals surface area (Å²) in [6.45, 7) is 1.66. The summed E-state index contributed by atoms with van der Waals surface area (Å²) in [5.41, 5.74) is -0.269. The zero-order valence-corrected chi connectivity index (χ0v) is 13.8. The van der Waals surface area contributed by atoms with Crippen LogP contribution in [-0.2, 0) is 19.1 Å². The van der Waals surface area contributed by atoms with E-state index in [-0.39, 0.29) is 17.9 Å². The zero-order chi connectivity index (χ0) is 16.9. The van der Waals surface area contributed by atoms with Gasteiger partial charge in [0, 0.05) is 24.6 Å². The lowest BCUT2D eigenvalue weighted by atomic mass is 9.80. The second kappa shape index (κ2) is 5.32. The number of hydrogen-bond acceptors (Lipinski definition) is 4. The summed E-state index contributed by atoms with van der Waals surface area (Å²) >= 11 is 5.92. The summed E-state index contributed by atoms with van der Waals surface area (Å²) < 4.78 is 4.89. The number of benzene rings is 1. The molecule has 122 valence electrons. The largest absolute Gasteiger partial charge is 0.464 e. The first-order valence-electron chi connectivity index (χ1n) is 7.32. The van der Waals surface area contributed by atoms with Gasteiger partial charge in [-0.15, -0.1) is 0 Å². The van der Waals surface area contributed by atoms with Gasteiger partial charge in [0.2, 0.25) is 17.4 Å². The molecule has 2 aliphatic heterocycles. The number of nitrogens with zero attached hydrogens (tertiary/aromatic N) is 1. The first-order chi connectivity index (χ1) is 10.8. The number of quaternary nitrogens is 1. The van der Waals surface area contributed by atoms with E-state index in [0.29, 0.717) is 5.02 Å². The maximum atomic E-state index is 12.6. The molecule has 6 nitrogen and oxygen atoms in total. The number of ether oxygens (including phenoxy) is 1. The van der Waals surface area contributed by atoms with E-state index < -0.39 is 23.3 Å². The predicted octanol–water partition coefficient (Wildman–Crippen LogP) is 0.121. The van der Waals surface area contributed by atoms with E-state index in [1.54, 1.807) is 24.4 Å². The summed E-state index contributed by atoms with van der Waals surface area (Å²) in [7, 11) is 2.75. The fourth-order valence-electron chi connectivity index (χ4n) is 3.81. The SMILES string of the molecule is COC(=O)[C@]1(C)[NH2+][C@@H](c2ccc(Cl)cc2)[C@H]2C(=O)N(C)C(=O)[C@H]21. The van der Waals surface area contributed by atoms with Crippen molar-refractivity contribution in [2.45, 2.75) is 18.5 Å². The first-order valence-corrected chi connectivity index (χ1v) is 7.70. The number of imide groups is 1. The summed E-state index contributed by atoms with van der Waals surface area (Å²) in [4.78, 5) is 38.5. The molecule has 0 bridgehead atoms. The molecule has 0 unspecified atom stereocenters. The monoisotopic (exact) mass is 337 g/mol. The average Bonchev–Trinajstić information content (AvgIpc) is 2.97. The molecule has 2 aliphatic rings. The molecule has 2 saturated heterocycles. The molecule has 2 fully saturated rings. The standard InChI is InChI=1S/C16H17ClN2O4/c1-16(15(22)23-3)11-10(13(20)19(2)14(11)21)12(18-16)8-4-6-9(17)7-5-8/h4-7,10-12,18H,1-3H3/p+1/t10-,11-,12-,16+/m0/s1. The third-order valence-electron chi connectivity index (χ3n) is 5.01. The normalized spacial score (nSPS) is 33.0. The van der Waals surface area contributed by atoms with Crippen LogP contribution in [0.5, 0.6) is 0 Å². The van der Waals surface area contributed by atoms with Crippen LogP contribution >= 0.6 is 11.6 Å². The number of halogens is 1. The molecular weight excluding hydrogens is 320 g/mol. The van der Waals surface area contributed by atoms with Gasteiger partial charge in [0.05, 0.1) is 7.11 Å². The Bertz CT molecular complexity index is 690. The van der Waals surface area contributed by atoms with Gasteiger partial charge in [0.1, 0.15) is 17.9 Å². The van der Waals surface area contributed by atoms with Crippen molar-refractivity contribution in [2.75, 3.05) is 14.2 Å². The topological polar surface area (TPSA) is 80.3 Å². The van der Waals surface area contributed by atoms with E-state index in [1.807, 2.05) is 12.1 Å². The Balaban J connectivity index is 2.09. The van der Waals surface area contributed by atoms with Crippen molar-refractivity contribution in [1.82, 2.24) is 4.90 Å². The lowest BCUT2D eigenvalue weighted by Crippen LogP contribution is -2.97. The van der Waals surface area contributed by atoms with Gasteiger partial charge in [0.15, 0.2) is 0 Å². The number of esters is 1. The summed E-state index contributed by atoms with van der Waals surface area (Å²) in [6, 6.07) is 6.78. The summed E-state index contributed by atoms with van der Waals surface area (Å²) in [5, 5.41) is 2.37. The third-order valence-corrected chi connectivity index (χ3v) is 5.26. The number of carbonyl (C=O) groups is 3. The van der Waals surface area contributed by atoms with Crippen molar-refractivity contribution in [2.24, 2.45) is 11.8 Å². The number of nitrogens with two attached hydrogens (primary N) is 1. The van der Waals surface area contributed by atoms with Crippen LogP contribution in [0.4, 0.5) is 0 Å². The summed E-state index contributed by atoms with van der Waals surface area (Å²) in [6.07, 6.45) is 0. The van der Waals surface area contributed by atoms with E-state index in [2.05, 4.69) is 0 Å². The van der Waals surface area contributed by atoms with Crippen molar-refractivity contribution >= 4 is 29.4 Å². The fraction of sp³-hybridized carbons (Fsp3) is 0.438. The molecule has 0 saturated carbocycles. The summed E-state index contributed by atoms with van der Waals surface area (Å²) in [5.74, 6) is -2.41. The van der Waals surface area contributed by atoms with Crippen LogP contribution in [0.15, 0.2) is 24.3 Å². The second-order valence-electron chi connectivity index (χ2n) is 6.26. The Morgan fingerprint density at radius 1 is 1.26 bits per heavy atom. The number of likely N-dealkylation sites (tertiary alicyclic amines) is 1. The van der Waals surface area contributed by atoms with Crippen molar-refractivity contribution in [3.05, 3.63) is 34.9 Å². The molecule has 1 aromatic carbocycles. The van der Waals surface area contributed by atoms with Crippen molar-refractivity contribution in [3.63, 3.8) is 0 Å². The number of hydrogen-bond donors (Lipinski definition) is 1. The molecule has 7 heteroatoms. The van der Waals surface area contributed by atoms with E-state index in [9.17, 15) is 14.4 Å². The van der Waals surface area contributed by atoms with E-state index in [1.165, 1.54) is 14.2 Å². The Morgan fingerprint density at radius 2 is 1.87 bits per heavy atom. The van der Waals surface area contributed by atoms with E-state index in [0.717, 1.165) is 10.5 Å². The van der Waals surface area contributed by atoms with Crippen molar-refractivity contribution in [3.8, 4) is 0 Å². The molecule has 0 aromatic heterocycles. The highest BCUT2D eigenvalue weighted by Crippen LogP contribution is 2.43. The Labute approximate surface area is 138 Å². The number of fused-ring (bicyclic) bond motifs is 1. The van der Waals surface area contributed by atoms with Crippen LogP contribution in [0.25, 0.3) is 0 Å². The lowest BCUT2D eigenvalue weighted by molar-refractivity contribution is -0.731. The molecule has 23 heavy (non-hydrogen) atoms. The molecular formula is C16H18ClN2O4+. The third kappa shape index (κ3) is 2.16. The van der Waals surface area contributed by atoms with Gasteiger partial charge in [0.25, 0.3) is 0 Å². The maximum Gasteiger partial charge on any atom is 0.368 e. The Hall–Kier alpha value is -1.92. The van der Waals surface area contributed by atoms with E-state index in [4.69, 9.17) is 16.3 Å². The molecule has 2 amide bonds. The molecule has 1 aromatic rings. The van der Waals surface area contributed by atoms with Gasteiger partial charge in [-0.05, 0) is 12.1 Å². The second-order valence-corrected chi connectivity index (χ2v) is 6.69. The minimum absolute atomic E-state index is 0.260. The maximum absolute atomic E-state index is 12.6. The number of methoxy groups -OCH3 is 1. The minimum atomic E-state index is -1.12. The molecule has 2 N–H and O–H groups in total. The van der Waals surface area contributed by atoms with Crippen LogP contribution in [-0.4, -0.2) is 42.4 Å². The van der Waals surface area contributed by atoms with Gasteiger partial charge in [-0.25, -0.2) is 4.79 Å². The minimum Gasteiger partial charge on any atom is -0.464 e. The van der Waals surface area contributed by atoms with Crippen LogP contribution in [0, 0.1) is 11.8 Å². The first kappa shape index (κ1) is 16.0. The number of carbonyl (C=O) groups excluding carboxylic acids is 3. The Morgan fingerprint density at radius 3 is 2.43 bits per heavy atom. The average molecular weight is 338 g/mol. The molecule has 4 atom stereocenters. The zero-order valence-electron chi connectivity index (χ0n) is 13.1. The predicted molar refractivity (Wildman–Crippen MR) is 81.3 cm³/mol. The molecule has 0 radical (unpaired) electrons. The highest BCUT2D eigenvalue weighted by molar-refractivity contribution is 6.30. The lowest BCUT2D eigenvalue weighted by Gasteiger charge is -2.24. The highest BCUT2D eigenvalue weighted by Gasteiger charge is 2.70. The Kier molecular flexibility index (Phi) is 3.69. The van der Waals surface area contributed by atoms with Crippen LogP contribution in [0.2, 0.25) is 5.02 Å². The molecule has 0 aliphatic carbocycles. The van der Waals surface area contributed by atoms with Crippen LogP contribution in [0.1, 0.15) is 18.5 Å². The molecule has 3 rings (SSSR count). The molecule has 0 spiro atoms. The van der Waals surface area contributed by atoms with Crippen molar-refractivity contribution < 1.29 is 24.4 Å². The number of rotatable bonds is 2.